The molecule has 5 nitrogen and oxygen atoms in total. The first-order valence-corrected chi connectivity index (χ1v) is 7.01. The summed E-state index contributed by atoms with van der Waals surface area (Å²) in [5, 5.41) is 0. The number of nitrogens with zero attached hydrogens (tertiary/aromatic N) is 1. The molecule has 0 bridgehead atoms. The van der Waals surface area contributed by atoms with Crippen molar-refractivity contribution in [2.24, 2.45) is 5.92 Å². The Hall–Kier alpha value is -2.26. The van der Waals surface area contributed by atoms with Crippen LogP contribution in [0.15, 0.2) is 36.6 Å². The molecule has 0 aromatic heterocycles. The van der Waals surface area contributed by atoms with Gasteiger partial charge in [-0.2, -0.15) is 0 Å². The Kier molecular flexibility index (Phi) is 5.41. The number of piperidine rings is 1. The molecule has 1 saturated heterocycles. The molecule has 5 heteroatoms. The van der Waals surface area contributed by atoms with Crippen molar-refractivity contribution < 1.29 is 19.1 Å². The minimum Gasteiger partial charge on any atom is -0.486 e. The summed E-state index contributed by atoms with van der Waals surface area (Å²) in [5.41, 5.74) is 0.966. The molecule has 1 aromatic rings. The van der Waals surface area contributed by atoms with Gasteiger partial charge in [0.2, 0.25) is 0 Å². The zero-order valence-corrected chi connectivity index (χ0v) is 12.0. The number of ether oxygens (including phenoxy) is 2. The van der Waals surface area contributed by atoms with E-state index in [-0.39, 0.29) is 24.7 Å². The molecule has 0 N–H and O–H groups in total. The fourth-order valence-corrected chi connectivity index (χ4v) is 2.42. The van der Waals surface area contributed by atoms with Crippen LogP contribution in [0.1, 0.15) is 18.9 Å². The summed E-state index contributed by atoms with van der Waals surface area (Å²) in [6, 6.07) is 9.58. The number of benzene rings is 1. The molecule has 1 fully saturated rings. The van der Waals surface area contributed by atoms with Crippen molar-refractivity contribution in [3.63, 3.8) is 0 Å². The summed E-state index contributed by atoms with van der Waals surface area (Å²) in [4.78, 5) is 23.9. The molecule has 1 heterocycles. The molecule has 21 heavy (non-hydrogen) atoms. The van der Waals surface area contributed by atoms with Crippen LogP contribution in [0.4, 0.5) is 4.79 Å². The summed E-state index contributed by atoms with van der Waals surface area (Å²) in [6.45, 7) is 3.39. The Balaban J connectivity index is 1.80. The highest BCUT2D eigenvalue weighted by Crippen LogP contribution is 2.20. The molecule has 0 spiro atoms. The molecule has 2 atom stereocenters. The smallest absolute Gasteiger partial charge is 0.410 e. The van der Waals surface area contributed by atoms with Crippen molar-refractivity contribution in [2.45, 2.75) is 26.1 Å². The van der Waals surface area contributed by atoms with Crippen LogP contribution in [-0.2, 0) is 20.9 Å². The summed E-state index contributed by atoms with van der Waals surface area (Å²) in [7, 11) is 0. The second-order valence-electron chi connectivity index (χ2n) is 5.16. The molecule has 1 aliphatic heterocycles. The van der Waals surface area contributed by atoms with E-state index in [9.17, 15) is 9.59 Å². The van der Waals surface area contributed by atoms with Crippen molar-refractivity contribution in [1.29, 1.82) is 0 Å². The maximum absolute atomic E-state index is 12.0. The molecule has 1 amide bonds. The number of likely N-dealkylation sites (tertiary alicyclic amines) is 1. The second-order valence-corrected chi connectivity index (χ2v) is 5.16. The third-order valence-electron chi connectivity index (χ3n) is 3.58. The van der Waals surface area contributed by atoms with Crippen LogP contribution >= 0.6 is 0 Å². The largest absolute Gasteiger partial charge is 0.486 e. The average Bonchev–Trinajstić information content (AvgIpc) is 2.52. The standard InChI is InChI=1S/C16H19NO4/c1-13-11-17(8-7-15(13)20-10-9-18)16(19)21-12-14-5-3-2-4-6-14/h2-6,10,13,15H,7-8,11-12H2,1H3. The first-order chi connectivity index (χ1) is 10.2. The van der Waals surface area contributed by atoms with E-state index in [1.165, 1.54) is 0 Å². The monoisotopic (exact) mass is 289 g/mol. The van der Waals surface area contributed by atoms with Crippen LogP contribution in [0, 0.1) is 5.92 Å². The van der Waals surface area contributed by atoms with Gasteiger partial charge in [0.05, 0.1) is 0 Å². The fraction of sp³-hybridized carbons (Fsp3) is 0.438. The van der Waals surface area contributed by atoms with E-state index in [1.54, 1.807) is 10.8 Å². The predicted octanol–water partition coefficient (Wildman–Crippen LogP) is 2.40. The van der Waals surface area contributed by atoms with E-state index in [0.717, 1.165) is 11.8 Å². The zero-order valence-electron chi connectivity index (χ0n) is 12.0. The molecular formula is C16H19NO4. The van der Waals surface area contributed by atoms with Crippen LogP contribution in [-0.4, -0.2) is 36.1 Å². The maximum atomic E-state index is 12.0. The lowest BCUT2D eigenvalue weighted by atomic mass is 9.97. The highest BCUT2D eigenvalue weighted by molar-refractivity contribution is 5.67. The lowest BCUT2D eigenvalue weighted by Gasteiger charge is -2.35. The lowest BCUT2D eigenvalue weighted by molar-refractivity contribution is 0.0168. The minimum atomic E-state index is -0.310. The SMILES string of the molecule is CC1CN(C(=O)OCc2ccccc2)CCC1OC=C=O. The van der Waals surface area contributed by atoms with Crippen LogP contribution in [0.5, 0.6) is 0 Å². The van der Waals surface area contributed by atoms with Gasteiger partial charge in [-0.25, -0.2) is 9.59 Å². The van der Waals surface area contributed by atoms with Crippen LogP contribution in [0.25, 0.3) is 0 Å². The highest BCUT2D eigenvalue weighted by Gasteiger charge is 2.30. The molecule has 0 saturated carbocycles. The Bertz CT molecular complexity index is 510. The summed E-state index contributed by atoms with van der Waals surface area (Å²) in [5.74, 6) is 1.75. The van der Waals surface area contributed by atoms with Crippen LogP contribution in [0.3, 0.4) is 0 Å². The summed E-state index contributed by atoms with van der Waals surface area (Å²) < 4.78 is 10.6. The van der Waals surface area contributed by atoms with E-state index in [2.05, 4.69) is 0 Å². The van der Waals surface area contributed by atoms with Gasteiger partial charge in [-0.15, -0.1) is 0 Å². The second kappa shape index (κ2) is 7.50. The number of rotatable bonds is 4. The molecule has 0 radical (unpaired) electrons. The van der Waals surface area contributed by atoms with E-state index >= 15 is 0 Å². The topological polar surface area (TPSA) is 55.8 Å². The number of amides is 1. The lowest BCUT2D eigenvalue weighted by Crippen LogP contribution is -2.45. The third kappa shape index (κ3) is 4.36. The number of carbonyl (C=O) groups excluding carboxylic acids is 2. The number of carbonyl (C=O) groups is 1. The summed E-state index contributed by atoms with van der Waals surface area (Å²) in [6.07, 6.45) is 1.37. The first-order valence-electron chi connectivity index (χ1n) is 7.01. The average molecular weight is 289 g/mol. The molecule has 2 unspecified atom stereocenters. The molecular weight excluding hydrogens is 270 g/mol. The number of hydrogen-bond donors (Lipinski definition) is 0. The van der Waals surface area contributed by atoms with E-state index in [1.807, 2.05) is 37.3 Å². The highest BCUT2D eigenvalue weighted by atomic mass is 16.6. The molecule has 0 aliphatic carbocycles. The Morgan fingerprint density at radius 1 is 1.43 bits per heavy atom. The minimum absolute atomic E-state index is 0.0513. The van der Waals surface area contributed by atoms with Gasteiger partial charge in [-0.1, -0.05) is 37.3 Å². The van der Waals surface area contributed by atoms with Crippen molar-refractivity contribution in [2.75, 3.05) is 13.1 Å². The Labute approximate surface area is 124 Å². The normalized spacial score (nSPS) is 21.3. The van der Waals surface area contributed by atoms with Crippen LogP contribution in [0.2, 0.25) is 0 Å². The van der Waals surface area contributed by atoms with Gasteiger partial charge in [-0.3, -0.25) is 0 Å². The van der Waals surface area contributed by atoms with Gasteiger partial charge >= 0.3 is 6.09 Å². The first kappa shape index (κ1) is 15.1. The third-order valence-corrected chi connectivity index (χ3v) is 3.58. The Morgan fingerprint density at radius 2 is 2.19 bits per heavy atom. The molecule has 1 aromatic carbocycles. The van der Waals surface area contributed by atoms with Gasteiger partial charge in [0.25, 0.3) is 0 Å². The van der Waals surface area contributed by atoms with Gasteiger partial charge < -0.3 is 14.4 Å². The van der Waals surface area contributed by atoms with Gasteiger partial charge in [0.1, 0.15) is 12.7 Å². The van der Waals surface area contributed by atoms with Gasteiger partial charge in [-0.05, 0) is 5.56 Å². The van der Waals surface area contributed by atoms with Crippen LogP contribution < -0.4 is 0 Å². The zero-order chi connectivity index (χ0) is 15.1. The molecule has 1 aliphatic rings. The van der Waals surface area contributed by atoms with Crippen molar-refractivity contribution in [3.05, 3.63) is 42.2 Å². The van der Waals surface area contributed by atoms with E-state index < -0.39 is 0 Å². The van der Waals surface area contributed by atoms with Gasteiger partial charge in [0.15, 0.2) is 12.2 Å². The van der Waals surface area contributed by atoms with E-state index in [4.69, 9.17) is 9.47 Å². The summed E-state index contributed by atoms with van der Waals surface area (Å²) >= 11 is 0. The van der Waals surface area contributed by atoms with Crippen molar-refractivity contribution in [1.82, 2.24) is 4.90 Å². The molecule has 2 rings (SSSR count). The maximum Gasteiger partial charge on any atom is 0.410 e. The Morgan fingerprint density at radius 3 is 2.86 bits per heavy atom. The van der Waals surface area contributed by atoms with E-state index in [0.29, 0.717) is 19.5 Å². The fourth-order valence-electron chi connectivity index (χ4n) is 2.42. The quantitative estimate of drug-likeness (QED) is 0.631. The van der Waals surface area contributed by atoms with Crippen molar-refractivity contribution >= 4 is 12.0 Å². The number of hydrogen-bond acceptors (Lipinski definition) is 4. The predicted molar refractivity (Wildman–Crippen MR) is 77.1 cm³/mol. The molecule has 112 valence electrons. The van der Waals surface area contributed by atoms with Gasteiger partial charge in [0, 0.05) is 25.4 Å². The van der Waals surface area contributed by atoms with Crippen molar-refractivity contribution in [3.8, 4) is 0 Å².